The largest absolute Gasteiger partial charge is 0.467 e. The molecule has 1 N–H and O–H groups in total. The maximum atomic E-state index is 12.2. The van der Waals surface area contributed by atoms with Crippen molar-refractivity contribution in [1.82, 2.24) is 0 Å². The van der Waals surface area contributed by atoms with E-state index >= 15 is 0 Å². The smallest absolute Gasteiger partial charge is 0.334 e. The van der Waals surface area contributed by atoms with Gasteiger partial charge in [0.2, 0.25) is 0 Å². The fourth-order valence-corrected chi connectivity index (χ4v) is 2.29. The van der Waals surface area contributed by atoms with Gasteiger partial charge in [-0.05, 0) is 34.0 Å². The van der Waals surface area contributed by atoms with Crippen molar-refractivity contribution in [3.05, 3.63) is 28.7 Å². The number of para-hydroxylation sites is 1. The molecule has 1 atom stereocenters. The van der Waals surface area contributed by atoms with Gasteiger partial charge in [-0.2, -0.15) is 0 Å². The van der Waals surface area contributed by atoms with E-state index in [4.69, 9.17) is 9.47 Å². The molecular weight excluding hydrogens is 310 g/mol. The topological polar surface area (TPSA) is 47.6 Å². The normalized spacial score (nSPS) is 14.0. The van der Waals surface area contributed by atoms with Crippen molar-refractivity contribution in [3.8, 4) is 0 Å². The molecule has 4 nitrogen and oxygen atoms in total. The van der Waals surface area contributed by atoms with Gasteiger partial charge in [0, 0.05) is 17.3 Å². The van der Waals surface area contributed by atoms with E-state index in [9.17, 15) is 4.79 Å². The molecule has 0 aliphatic heterocycles. The standard InChI is InChI=1S/C14H20BrNO3/c1-10(2)14(9-18-3,13(17)19-4)16-12-8-6-5-7-11(12)15/h5-8,10,16H,9H2,1-4H3. The average Bonchev–Trinajstić information content (AvgIpc) is 2.39. The Kier molecular flexibility index (Phi) is 5.82. The first-order valence-corrected chi connectivity index (χ1v) is 6.87. The van der Waals surface area contributed by atoms with Crippen LogP contribution in [-0.4, -0.2) is 32.3 Å². The number of carbonyl (C=O) groups excluding carboxylic acids is 1. The van der Waals surface area contributed by atoms with E-state index in [0.717, 1.165) is 10.2 Å². The third-order valence-corrected chi connectivity index (χ3v) is 3.83. The average molecular weight is 330 g/mol. The van der Waals surface area contributed by atoms with Crippen molar-refractivity contribution in [2.75, 3.05) is 26.1 Å². The highest BCUT2D eigenvalue weighted by atomic mass is 79.9. The zero-order valence-electron chi connectivity index (χ0n) is 11.7. The third-order valence-electron chi connectivity index (χ3n) is 3.14. The number of nitrogens with one attached hydrogen (secondary N) is 1. The van der Waals surface area contributed by atoms with Crippen LogP contribution in [0.15, 0.2) is 28.7 Å². The number of methoxy groups -OCH3 is 2. The summed E-state index contributed by atoms with van der Waals surface area (Å²) in [4.78, 5) is 12.2. The van der Waals surface area contributed by atoms with Crippen molar-refractivity contribution in [2.24, 2.45) is 5.92 Å². The molecule has 1 rings (SSSR count). The van der Waals surface area contributed by atoms with Crippen LogP contribution in [0.3, 0.4) is 0 Å². The van der Waals surface area contributed by atoms with Gasteiger partial charge in [0.15, 0.2) is 5.54 Å². The van der Waals surface area contributed by atoms with Crippen LogP contribution >= 0.6 is 15.9 Å². The first-order chi connectivity index (χ1) is 8.97. The molecule has 106 valence electrons. The lowest BCUT2D eigenvalue weighted by atomic mass is 9.86. The number of esters is 1. The summed E-state index contributed by atoms with van der Waals surface area (Å²) in [7, 11) is 2.96. The Hall–Kier alpha value is -1.07. The highest BCUT2D eigenvalue weighted by Crippen LogP contribution is 2.29. The quantitative estimate of drug-likeness (QED) is 0.815. The van der Waals surface area contributed by atoms with Gasteiger partial charge >= 0.3 is 5.97 Å². The second kappa shape index (κ2) is 6.91. The fraction of sp³-hybridized carbons (Fsp3) is 0.500. The van der Waals surface area contributed by atoms with Crippen LogP contribution in [0, 0.1) is 5.92 Å². The minimum absolute atomic E-state index is 0.00649. The number of hydrogen-bond donors (Lipinski definition) is 1. The van der Waals surface area contributed by atoms with E-state index < -0.39 is 5.54 Å². The molecule has 0 aliphatic rings. The Labute approximate surface area is 122 Å². The molecule has 0 bridgehead atoms. The summed E-state index contributed by atoms with van der Waals surface area (Å²) in [6.07, 6.45) is 0. The number of rotatable bonds is 6. The van der Waals surface area contributed by atoms with E-state index in [1.807, 2.05) is 38.1 Å². The first-order valence-electron chi connectivity index (χ1n) is 6.08. The highest BCUT2D eigenvalue weighted by molar-refractivity contribution is 9.10. The summed E-state index contributed by atoms with van der Waals surface area (Å²) >= 11 is 3.46. The zero-order chi connectivity index (χ0) is 14.5. The van der Waals surface area contributed by atoms with E-state index in [2.05, 4.69) is 21.2 Å². The van der Waals surface area contributed by atoms with Crippen LogP contribution in [0.1, 0.15) is 13.8 Å². The molecule has 0 heterocycles. The van der Waals surface area contributed by atoms with Gasteiger partial charge in [-0.15, -0.1) is 0 Å². The number of ether oxygens (including phenoxy) is 2. The van der Waals surface area contributed by atoms with Crippen molar-refractivity contribution >= 4 is 27.6 Å². The monoisotopic (exact) mass is 329 g/mol. The molecule has 0 radical (unpaired) electrons. The minimum atomic E-state index is -0.909. The zero-order valence-corrected chi connectivity index (χ0v) is 13.3. The van der Waals surface area contributed by atoms with Gasteiger partial charge in [-0.3, -0.25) is 0 Å². The molecular formula is C14H20BrNO3. The highest BCUT2D eigenvalue weighted by Gasteiger charge is 2.43. The number of hydrogen-bond acceptors (Lipinski definition) is 4. The summed E-state index contributed by atoms with van der Waals surface area (Å²) < 4.78 is 11.1. The Morgan fingerprint density at radius 3 is 2.47 bits per heavy atom. The predicted molar refractivity (Wildman–Crippen MR) is 79.2 cm³/mol. The van der Waals surface area contributed by atoms with Crippen LogP contribution < -0.4 is 5.32 Å². The summed E-state index contributed by atoms with van der Waals surface area (Å²) in [5.74, 6) is -0.327. The van der Waals surface area contributed by atoms with Crippen LogP contribution in [0.4, 0.5) is 5.69 Å². The number of benzene rings is 1. The van der Waals surface area contributed by atoms with Crippen LogP contribution in [0.25, 0.3) is 0 Å². The lowest BCUT2D eigenvalue weighted by Gasteiger charge is -2.36. The second-order valence-electron chi connectivity index (χ2n) is 4.66. The maximum absolute atomic E-state index is 12.2. The Bertz CT molecular complexity index is 436. The van der Waals surface area contributed by atoms with Crippen molar-refractivity contribution < 1.29 is 14.3 Å². The summed E-state index contributed by atoms with van der Waals surface area (Å²) in [6, 6.07) is 7.64. The predicted octanol–water partition coefficient (Wildman–Crippen LogP) is 3.08. The Balaban J connectivity index is 3.16. The van der Waals surface area contributed by atoms with Crippen LogP contribution in [0.5, 0.6) is 0 Å². The molecule has 5 heteroatoms. The van der Waals surface area contributed by atoms with Crippen molar-refractivity contribution in [3.63, 3.8) is 0 Å². The minimum Gasteiger partial charge on any atom is -0.467 e. The molecule has 0 saturated carbocycles. The molecule has 0 amide bonds. The van der Waals surface area contributed by atoms with Gasteiger partial charge in [-0.25, -0.2) is 4.79 Å². The molecule has 1 aromatic carbocycles. The summed E-state index contributed by atoms with van der Waals surface area (Å²) in [5, 5.41) is 3.27. The molecule has 0 fully saturated rings. The van der Waals surface area contributed by atoms with Gasteiger partial charge in [0.1, 0.15) is 0 Å². The summed E-state index contributed by atoms with van der Waals surface area (Å²) in [5.41, 5.74) is -0.0773. The molecule has 19 heavy (non-hydrogen) atoms. The Morgan fingerprint density at radius 1 is 1.37 bits per heavy atom. The van der Waals surface area contributed by atoms with Gasteiger partial charge in [-0.1, -0.05) is 26.0 Å². The summed E-state index contributed by atoms with van der Waals surface area (Å²) in [6.45, 7) is 4.15. The molecule has 0 aromatic heterocycles. The van der Waals surface area contributed by atoms with E-state index in [1.165, 1.54) is 7.11 Å². The maximum Gasteiger partial charge on any atom is 0.334 e. The van der Waals surface area contributed by atoms with E-state index in [1.54, 1.807) is 7.11 Å². The number of anilines is 1. The van der Waals surface area contributed by atoms with Gasteiger partial charge in [0.05, 0.1) is 13.7 Å². The lowest BCUT2D eigenvalue weighted by Crippen LogP contribution is -2.55. The lowest BCUT2D eigenvalue weighted by molar-refractivity contribution is -0.150. The number of carbonyl (C=O) groups is 1. The first kappa shape index (κ1) is 16.0. The van der Waals surface area contributed by atoms with Gasteiger partial charge < -0.3 is 14.8 Å². The van der Waals surface area contributed by atoms with Crippen LogP contribution in [0.2, 0.25) is 0 Å². The van der Waals surface area contributed by atoms with E-state index in [-0.39, 0.29) is 18.5 Å². The van der Waals surface area contributed by atoms with Crippen molar-refractivity contribution in [2.45, 2.75) is 19.4 Å². The molecule has 0 aliphatic carbocycles. The molecule has 0 saturated heterocycles. The fourth-order valence-electron chi connectivity index (χ4n) is 1.91. The second-order valence-corrected chi connectivity index (χ2v) is 5.51. The third kappa shape index (κ3) is 3.48. The van der Waals surface area contributed by atoms with E-state index in [0.29, 0.717) is 0 Å². The Morgan fingerprint density at radius 2 is 2.00 bits per heavy atom. The van der Waals surface area contributed by atoms with Crippen LogP contribution in [-0.2, 0) is 14.3 Å². The molecule has 1 unspecified atom stereocenters. The SMILES string of the molecule is COCC(Nc1ccccc1Br)(C(=O)OC)C(C)C. The molecule has 0 spiro atoms. The number of halogens is 1. The van der Waals surface area contributed by atoms with Gasteiger partial charge in [0.25, 0.3) is 0 Å². The molecule has 1 aromatic rings. The van der Waals surface area contributed by atoms with Crippen molar-refractivity contribution in [1.29, 1.82) is 0 Å².